The minimum Gasteiger partial charge on any atom is -0.479 e. The third-order valence-electron chi connectivity index (χ3n) is 2.78. The molecule has 6 nitrogen and oxygen atoms in total. The van der Waals surface area contributed by atoms with E-state index in [4.69, 9.17) is 33.7 Å². The van der Waals surface area contributed by atoms with E-state index >= 15 is 0 Å². The Kier molecular flexibility index (Phi) is 3.71. The highest BCUT2D eigenvalue weighted by molar-refractivity contribution is 7.00. The van der Waals surface area contributed by atoms with Gasteiger partial charge in [0.25, 0.3) is 0 Å². The van der Waals surface area contributed by atoms with Gasteiger partial charge in [-0.05, 0) is 18.2 Å². The maximum absolute atomic E-state index is 6.23. The van der Waals surface area contributed by atoms with Gasteiger partial charge in [0.1, 0.15) is 16.9 Å². The second-order valence-corrected chi connectivity index (χ2v) is 5.44. The first-order chi connectivity index (χ1) is 10.1. The van der Waals surface area contributed by atoms with Crippen molar-refractivity contribution in [3.8, 4) is 5.88 Å². The number of nitrogens with two attached hydrogens (primary N) is 1. The van der Waals surface area contributed by atoms with Crippen molar-refractivity contribution in [3.05, 3.63) is 28.2 Å². The second-order valence-electron chi connectivity index (χ2n) is 4.10. The monoisotopic (exact) mass is 341 g/mol. The minimum atomic E-state index is 0.331. The van der Waals surface area contributed by atoms with Gasteiger partial charge in [-0.25, -0.2) is 0 Å². The molecule has 0 bridgehead atoms. The molecule has 3 N–H and O–H groups in total. The molecule has 9 heteroatoms. The molecule has 3 aromatic rings. The zero-order valence-corrected chi connectivity index (χ0v) is 13.1. The number of rotatable bonds is 3. The van der Waals surface area contributed by atoms with E-state index in [0.29, 0.717) is 44.2 Å². The van der Waals surface area contributed by atoms with Crippen molar-refractivity contribution in [1.82, 2.24) is 13.7 Å². The molecule has 3 rings (SSSR count). The van der Waals surface area contributed by atoms with E-state index in [-0.39, 0.29) is 0 Å². The fraction of sp³-hybridized carbons (Fsp3) is 0.0833. The van der Waals surface area contributed by atoms with Gasteiger partial charge in [0.2, 0.25) is 5.88 Å². The molecule has 0 saturated heterocycles. The number of aromatic nitrogens is 3. The summed E-state index contributed by atoms with van der Waals surface area (Å²) in [6.45, 7) is 0. The maximum Gasteiger partial charge on any atom is 0.238 e. The Morgan fingerprint density at radius 1 is 1.19 bits per heavy atom. The number of benzene rings is 1. The minimum absolute atomic E-state index is 0.331. The zero-order chi connectivity index (χ0) is 15.0. The lowest BCUT2D eigenvalue weighted by atomic mass is 10.2. The average molecular weight is 342 g/mol. The predicted molar refractivity (Wildman–Crippen MR) is 85.9 cm³/mol. The lowest BCUT2D eigenvalue weighted by Gasteiger charge is -2.10. The van der Waals surface area contributed by atoms with Crippen molar-refractivity contribution in [1.29, 1.82) is 0 Å². The maximum atomic E-state index is 6.23. The van der Waals surface area contributed by atoms with E-state index in [1.54, 1.807) is 18.2 Å². The van der Waals surface area contributed by atoms with Crippen molar-refractivity contribution in [2.75, 3.05) is 18.2 Å². The van der Waals surface area contributed by atoms with Gasteiger partial charge in [-0.2, -0.15) is 13.7 Å². The molecule has 21 heavy (non-hydrogen) atoms. The number of hydrogen-bond acceptors (Lipinski definition) is 7. The summed E-state index contributed by atoms with van der Waals surface area (Å²) in [6.07, 6.45) is 0. The number of anilines is 3. The fourth-order valence-corrected chi connectivity index (χ4v) is 2.96. The molecule has 0 aliphatic rings. The molecule has 0 amide bonds. The summed E-state index contributed by atoms with van der Waals surface area (Å²) in [5, 5.41) is 3.98. The summed E-state index contributed by atoms with van der Waals surface area (Å²) < 4.78 is 13.4. The molecule has 2 aromatic heterocycles. The molecule has 1 aromatic carbocycles. The third-order valence-corrected chi connectivity index (χ3v) is 3.89. The van der Waals surface area contributed by atoms with E-state index in [2.05, 4.69) is 19.0 Å². The van der Waals surface area contributed by atoms with Crippen molar-refractivity contribution >= 4 is 63.2 Å². The van der Waals surface area contributed by atoms with E-state index in [0.717, 1.165) is 11.7 Å². The van der Waals surface area contributed by atoms with Crippen LogP contribution in [-0.4, -0.2) is 20.8 Å². The number of ether oxygens (including phenoxy) is 1. The van der Waals surface area contributed by atoms with Crippen LogP contribution in [0.4, 0.5) is 17.2 Å². The van der Waals surface area contributed by atoms with Crippen LogP contribution in [0.5, 0.6) is 5.88 Å². The summed E-state index contributed by atoms with van der Waals surface area (Å²) in [5.74, 6) is 0.859. The number of methoxy groups -OCH3 is 1. The van der Waals surface area contributed by atoms with Crippen molar-refractivity contribution < 1.29 is 4.74 Å². The highest BCUT2D eigenvalue weighted by atomic mass is 35.5. The first kappa shape index (κ1) is 14.1. The van der Waals surface area contributed by atoms with Gasteiger partial charge >= 0.3 is 0 Å². The smallest absolute Gasteiger partial charge is 0.238 e. The molecule has 0 aliphatic heterocycles. The number of hydrogen-bond donors (Lipinski definition) is 2. The molecule has 0 radical (unpaired) electrons. The Morgan fingerprint density at radius 3 is 2.71 bits per heavy atom. The lowest BCUT2D eigenvalue weighted by molar-refractivity contribution is 0.401. The van der Waals surface area contributed by atoms with Crippen LogP contribution in [0.3, 0.4) is 0 Å². The number of nitrogen functional groups attached to an aromatic ring is 1. The molecule has 0 fully saturated rings. The van der Waals surface area contributed by atoms with E-state index in [1.807, 2.05) is 0 Å². The van der Waals surface area contributed by atoms with Crippen molar-refractivity contribution in [3.63, 3.8) is 0 Å². The van der Waals surface area contributed by atoms with E-state index in [1.165, 1.54) is 7.11 Å². The quantitative estimate of drug-likeness (QED) is 0.754. The highest BCUT2D eigenvalue weighted by Crippen LogP contribution is 2.37. The number of nitrogens with one attached hydrogen (secondary N) is 1. The van der Waals surface area contributed by atoms with Gasteiger partial charge in [0.05, 0.1) is 40.3 Å². The van der Waals surface area contributed by atoms with E-state index in [9.17, 15) is 0 Å². The SMILES string of the molecule is COc1nc(Nc2c(Cl)cc(Cl)c3nsnc23)ccc1N. The Morgan fingerprint density at radius 2 is 1.95 bits per heavy atom. The summed E-state index contributed by atoms with van der Waals surface area (Å²) in [7, 11) is 1.50. The number of fused-ring (bicyclic) bond motifs is 1. The van der Waals surface area contributed by atoms with Crippen LogP contribution in [0.1, 0.15) is 0 Å². The third kappa shape index (κ3) is 2.55. The molecule has 2 heterocycles. The van der Waals surface area contributed by atoms with Crippen LogP contribution in [0.2, 0.25) is 10.0 Å². The number of pyridine rings is 1. The van der Waals surface area contributed by atoms with Gasteiger partial charge in [0.15, 0.2) is 0 Å². The summed E-state index contributed by atoms with van der Waals surface area (Å²) in [4.78, 5) is 4.25. The van der Waals surface area contributed by atoms with Gasteiger partial charge < -0.3 is 15.8 Å². The Bertz CT molecular complexity index is 823. The van der Waals surface area contributed by atoms with Gasteiger partial charge in [-0.1, -0.05) is 23.2 Å². The van der Waals surface area contributed by atoms with Crippen LogP contribution in [0.15, 0.2) is 18.2 Å². The summed E-state index contributed by atoms with van der Waals surface area (Å²) in [6, 6.07) is 5.02. The molecular weight excluding hydrogens is 333 g/mol. The fourth-order valence-electron chi connectivity index (χ4n) is 1.81. The highest BCUT2D eigenvalue weighted by Gasteiger charge is 2.15. The van der Waals surface area contributed by atoms with Crippen molar-refractivity contribution in [2.24, 2.45) is 0 Å². The average Bonchev–Trinajstić information content (AvgIpc) is 2.95. The molecule has 0 unspecified atom stereocenters. The Balaban J connectivity index is 2.08. The summed E-state index contributed by atoms with van der Waals surface area (Å²) >= 11 is 13.4. The topological polar surface area (TPSA) is 86.0 Å². The summed E-state index contributed by atoms with van der Waals surface area (Å²) in [5.41, 5.74) is 7.96. The normalized spacial score (nSPS) is 10.8. The zero-order valence-electron chi connectivity index (χ0n) is 10.7. The van der Waals surface area contributed by atoms with Gasteiger partial charge in [-0.15, -0.1) is 0 Å². The molecular formula is C12H9Cl2N5OS. The first-order valence-corrected chi connectivity index (χ1v) is 7.26. The van der Waals surface area contributed by atoms with Crippen LogP contribution in [0, 0.1) is 0 Å². The Hall–Kier alpha value is -1.83. The molecule has 0 saturated carbocycles. The standard InChI is InChI=1S/C12H9Cl2N5OS/c1-20-12-7(15)2-3-8(17-12)16-9-5(13)4-6(14)10-11(9)19-21-18-10/h2-4H,15H2,1H3,(H,16,17). The molecule has 0 aliphatic carbocycles. The largest absolute Gasteiger partial charge is 0.479 e. The molecule has 108 valence electrons. The van der Waals surface area contributed by atoms with Crippen LogP contribution in [-0.2, 0) is 0 Å². The molecule has 0 atom stereocenters. The van der Waals surface area contributed by atoms with Gasteiger partial charge in [-0.3, -0.25) is 0 Å². The van der Waals surface area contributed by atoms with Crippen LogP contribution < -0.4 is 15.8 Å². The predicted octanol–water partition coefficient (Wildman–Crippen LogP) is 3.73. The first-order valence-electron chi connectivity index (χ1n) is 5.78. The Labute approximate surface area is 134 Å². The van der Waals surface area contributed by atoms with Crippen molar-refractivity contribution in [2.45, 2.75) is 0 Å². The lowest BCUT2D eigenvalue weighted by Crippen LogP contribution is -2.00. The second kappa shape index (κ2) is 5.51. The number of halogens is 2. The molecule has 0 spiro atoms. The van der Waals surface area contributed by atoms with E-state index < -0.39 is 0 Å². The van der Waals surface area contributed by atoms with Crippen LogP contribution >= 0.6 is 34.9 Å². The number of nitrogens with zero attached hydrogens (tertiary/aromatic N) is 3. The van der Waals surface area contributed by atoms with Crippen LogP contribution in [0.25, 0.3) is 11.0 Å². The van der Waals surface area contributed by atoms with Gasteiger partial charge in [0, 0.05) is 0 Å².